The molecule has 8 heteroatoms. The van der Waals surface area contributed by atoms with E-state index in [4.69, 9.17) is 11.6 Å². The van der Waals surface area contributed by atoms with E-state index in [1.54, 1.807) is 29.5 Å². The molecule has 2 heterocycles. The van der Waals surface area contributed by atoms with Gasteiger partial charge in [0.05, 0.1) is 22.8 Å². The van der Waals surface area contributed by atoms with Gasteiger partial charge in [0.1, 0.15) is 6.33 Å². The number of nitrogens with one attached hydrogen (secondary N) is 1. The summed E-state index contributed by atoms with van der Waals surface area (Å²) in [6.07, 6.45) is 1.79. The summed E-state index contributed by atoms with van der Waals surface area (Å²) in [4.78, 5) is 12.0. The number of benzene rings is 1. The fourth-order valence-corrected chi connectivity index (χ4v) is 2.64. The van der Waals surface area contributed by atoms with Crippen molar-refractivity contribution in [2.24, 2.45) is 0 Å². The molecule has 0 aliphatic carbocycles. The third kappa shape index (κ3) is 3.26. The predicted molar refractivity (Wildman–Crippen MR) is 80.8 cm³/mol. The first kappa shape index (κ1) is 13.7. The number of hydrogen-bond donors (Lipinski definition) is 1. The highest BCUT2D eigenvalue weighted by atomic mass is 35.5. The molecule has 1 amide bonds. The van der Waals surface area contributed by atoms with Crippen LogP contribution in [-0.4, -0.2) is 26.1 Å². The second-order valence-corrected chi connectivity index (χ2v) is 5.46. The maximum absolute atomic E-state index is 12.0. The molecule has 0 bridgehead atoms. The van der Waals surface area contributed by atoms with Crippen molar-refractivity contribution in [3.8, 4) is 5.69 Å². The van der Waals surface area contributed by atoms with Crippen LogP contribution in [0, 0.1) is 0 Å². The zero-order valence-electron chi connectivity index (χ0n) is 10.7. The van der Waals surface area contributed by atoms with Crippen LogP contribution < -0.4 is 5.32 Å². The molecule has 0 unspecified atom stereocenters. The quantitative estimate of drug-likeness (QED) is 0.802. The van der Waals surface area contributed by atoms with Gasteiger partial charge in [-0.3, -0.25) is 4.79 Å². The van der Waals surface area contributed by atoms with E-state index in [0.717, 1.165) is 11.3 Å². The van der Waals surface area contributed by atoms with Crippen LogP contribution >= 0.6 is 22.9 Å². The number of rotatable bonds is 4. The highest BCUT2D eigenvalue weighted by Gasteiger charge is 2.09. The van der Waals surface area contributed by atoms with Crippen LogP contribution in [0.2, 0.25) is 5.02 Å². The molecule has 0 saturated heterocycles. The highest BCUT2D eigenvalue weighted by Crippen LogP contribution is 2.24. The van der Waals surface area contributed by atoms with Crippen molar-refractivity contribution in [3.63, 3.8) is 0 Å². The summed E-state index contributed by atoms with van der Waals surface area (Å²) >= 11 is 7.67. The Morgan fingerprint density at radius 3 is 3.00 bits per heavy atom. The highest BCUT2D eigenvalue weighted by molar-refractivity contribution is 7.08. The van der Waals surface area contributed by atoms with Gasteiger partial charge in [-0.2, -0.15) is 11.3 Å². The molecular formula is C13H10ClN5OS. The molecule has 0 saturated carbocycles. The van der Waals surface area contributed by atoms with E-state index in [0.29, 0.717) is 17.1 Å². The smallest absolute Gasteiger partial charge is 0.228 e. The van der Waals surface area contributed by atoms with E-state index in [2.05, 4.69) is 20.8 Å². The minimum atomic E-state index is -0.121. The molecule has 6 nitrogen and oxygen atoms in total. The normalized spacial score (nSPS) is 10.5. The van der Waals surface area contributed by atoms with Crippen LogP contribution in [-0.2, 0) is 11.2 Å². The van der Waals surface area contributed by atoms with Crippen molar-refractivity contribution in [1.29, 1.82) is 0 Å². The third-order valence-corrected chi connectivity index (χ3v) is 3.84. The largest absolute Gasteiger partial charge is 0.324 e. The molecule has 0 radical (unpaired) electrons. The minimum Gasteiger partial charge on any atom is -0.324 e. The van der Waals surface area contributed by atoms with Crippen molar-refractivity contribution >= 4 is 34.5 Å². The molecule has 106 valence electrons. The molecule has 0 fully saturated rings. The van der Waals surface area contributed by atoms with E-state index in [-0.39, 0.29) is 5.91 Å². The Hall–Kier alpha value is -2.25. The summed E-state index contributed by atoms with van der Waals surface area (Å²) < 4.78 is 1.49. The van der Waals surface area contributed by atoms with Crippen LogP contribution in [0.4, 0.5) is 5.69 Å². The summed E-state index contributed by atoms with van der Waals surface area (Å²) in [5, 5.41) is 18.1. The minimum absolute atomic E-state index is 0.121. The Morgan fingerprint density at radius 2 is 2.29 bits per heavy atom. The van der Waals surface area contributed by atoms with Gasteiger partial charge in [-0.05, 0) is 51.0 Å². The second-order valence-electron chi connectivity index (χ2n) is 4.28. The third-order valence-electron chi connectivity index (χ3n) is 2.78. The summed E-state index contributed by atoms with van der Waals surface area (Å²) in [6, 6.07) is 7.11. The van der Waals surface area contributed by atoms with Gasteiger partial charge in [-0.25, -0.2) is 4.68 Å². The number of carbonyl (C=O) groups is 1. The van der Waals surface area contributed by atoms with Crippen LogP contribution in [0.1, 0.15) is 5.56 Å². The van der Waals surface area contributed by atoms with Crippen molar-refractivity contribution in [3.05, 3.63) is 51.9 Å². The lowest BCUT2D eigenvalue weighted by atomic mass is 10.2. The van der Waals surface area contributed by atoms with Crippen molar-refractivity contribution in [2.45, 2.75) is 6.42 Å². The lowest BCUT2D eigenvalue weighted by Gasteiger charge is -2.09. The second kappa shape index (κ2) is 6.02. The van der Waals surface area contributed by atoms with E-state index in [1.165, 1.54) is 11.0 Å². The number of hydrogen-bond acceptors (Lipinski definition) is 5. The number of tetrazole rings is 1. The average molecular weight is 320 g/mol. The standard InChI is InChI=1S/C13H10ClN5OS/c14-11-2-1-10(19-8-15-17-18-19)6-12(11)16-13(20)5-9-3-4-21-7-9/h1-4,6-8H,5H2,(H,16,20). The van der Waals surface area contributed by atoms with Crippen LogP contribution in [0.15, 0.2) is 41.4 Å². The molecule has 1 aromatic carbocycles. The van der Waals surface area contributed by atoms with Gasteiger partial charge < -0.3 is 5.32 Å². The molecule has 0 atom stereocenters. The number of carbonyl (C=O) groups excluding carboxylic acids is 1. The summed E-state index contributed by atoms with van der Waals surface area (Å²) in [5.41, 5.74) is 2.23. The van der Waals surface area contributed by atoms with Gasteiger partial charge in [0, 0.05) is 0 Å². The number of aromatic nitrogens is 4. The number of anilines is 1. The first-order valence-electron chi connectivity index (χ1n) is 6.06. The Labute approximate surface area is 129 Å². The summed E-state index contributed by atoms with van der Waals surface area (Å²) in [7, 11) is 0. The van der Waals surface area contributed by atoms with Gasteiger partial charge in [0.2, 0.25) is 5.91 Å². The topological polar surface area (TPSA) is 72.7 Å². The first-order valence-corrected chi connectivity index (χ1v) is 7.38. The zero-order valence-corrected chi connectivity index (χ0v) is 12.3. The molecule has 21 heavy (non-hydrogen) atoms. The maximum Gasteiger partial charge on any atom is 0.228 e. The van der Waals surface area contributed by atoms with Crippen LogP contribution in [0.3, 0.4) is 0 Å². The Bertz CT molecular complexity index is 742. The molecule has 0 aliphatic heterocycles. The molecule has 0 aliphatic rings. The van der Waals surface area contributed by atoms with Gasteiger partial charge >= 0.3 is 0 Å². The SMILES string of the molecule is O=C(Cc1ccsc1)Nc1cc(-n2cnnn2)ccc1Cl. The van der Waals surface area contributed by atoms with Gasteiger partial charge in [-0.15, -0.1) is 5.10 Å². The van der Waals surface area contributed by atoms with E-state index in [9.17, 15) is 4.79 Å². The van der Waals surface area contributed by atoms with Crippen LogP contribution in [0.25, 0.3) is 5.69 Å². The van der Waals surface area contributed by atoms with Crippen LogP contribution in [0.5, 0.6) is 0 Å². The summed E-state index contributed by atoms with van der Waals surface area (Å²) in [5.74, 6) is -0.121. The molecule has 3 rings (SSSR count). The number of nitrogens with zero attached hydrogens (tertiary/aromatic N) is 4. The number of thiophene rings is 1. The Morgan fingerprint density at radius 1 is 1.38 bits per heavy atom. The van der Waals surface area contributed by atoms with E-state index >= 15 is 0 Å². The first-order chi connectivity index (χ1) is 10.2. The van der Waals surface area contributed by atoms with E-state index in [1.807, 2.05) is 16.8 Å². The predicted octanol–water partition coefficient (Wildman–Crippen LogP) is 2.56. The van der Waals surface area contributed by atoms with Gasteiger partial charge in [0.15, 0.2) is 0 Å². The fraction of sp³-hybridized carbons (Fsp3) is 0.0769. The molecule has 1 N–H and O–H groups in total. The zero-order chi connectivity index (χ0) is 14.7. The summed E-state index contributed by atoms with van der Waals surface area (Å²) in [6.45, 7) is 0. The average Bonchev–Trinajstić information content (AvgIpc) is 3.14. The monoisotopic (exact) mass is 319 g/mol. The lowest BCUT2D eigenvalue weighted by molar-refractivity contribution is -0.115. The maximum atomic E-state index is 12.0. The molecule has 0 spiro atoms. The number of amides is 1. The van der Waals surface area contributed by atoms with Crippen molar-refractivity contribution in [2.75, 3.05) is 5.32 Å². The van der Waals surface area contributed by atoms with Gasteiger partial charge in [0.25, 0.3) is 0 Å². The van der Waals surface area contributed by atoms with Crippen molar-refractivity contribution in [1.82, 2.24) is 20.2 Å². The van der Waals surface area contributed by atoms with Crippen molar-refractivity contribution < 1.29 is 4.79 Å². The lowest BCUT2D eigenvalue weighted by Crippen LogP contribution is -2.14. The Kier molecular flexibility index (Phi) is 3.94. The molecule has 2 aromatic heterocycles. The van der Waals surface area contributed by atoms with E-state index < -0.39 is 0 Å². The Balaban J connectivity index is 1.78. The fourth-order valence-electron chi connectivity index (χ4n) is 1.80. The molecular weight excluding hydrogens is 310 g/mol. The molecule has 3 aromatic rings. The van der Waals surface area contributed by atoms with Gasteiger partial charge in [-0.1, -0.05) is 11.6 Å². The number of halogens is 1.